The van der Waals surface area contributed by atoms with Crippen LogP contribution in [0.2, 0.25) is 0 Å². The Hall–Kier alpha value is -1.80. The third kappa shape index (κ3) is 5.92. The highest BCUT2D eigenvalue weighted by atomic mass is 19.3. The summed E-state index contributed by atoms with van der Waals surface area (Å²) in [5, 5.41) is 2.99. The van der Waals surface area contributed by atoms with Crippen molar-refractivity contribution in [3.63, 3.8) is 0 Å². The van der Waals surface area contributed by atoms with Gasteiger partial charge in [0.25, 0.3) is 12.3 Å². The highest BCUT2D eigenvalue weighted by Gasteiger charge is 2.31. The predicted octanol–water partition coefficient (Wildman–Crippen LogP) is 2.85. The number of halogens is 2. The number of amides is 1. The summed E-state index contributed by atoms with van der Waals surface area (Å²) in [7, 11) is 0. The molecule has 2 aliphatic heterocycles. The minimum Gasteiger partial charge on any atom is -0.355 e. The van der Waals surface area contributed by atoms with Crippen molar-refractivity contribution in [2.24, 2.45) is 5.92 Å². The van der Waals surface area contributed by atoms with Crippen LogP contribution in [-0.2, 0) is 0 Å². The Morgan fingerprint density at radius 3 is 2.58 bits per heavy atom. The maximum atomic E-state index is 13.0. The number of anilines is 1. The van der Waals surface area contributed by atoms with Gasteiger partial charge < -0.3 is 10.2 Å². The fraction of sp³-hybridized carbons (Fsp3) is 0.739. The van der Waals surface area contributed by atoms with E-state index in [1.165, 1.54) is 12.8 Å². The molecule has 1 aromatic rings. The van der Waals surface area contributed by atoms with E-state index in [1.54, 1.807) is 13.0 Å². The van der Waals surface area contributed by atoms with Crippen molar-refractivity contribution >= 4 is 11.7 Å². The molecule has 1 aromatic heterocycles. The monoisotopic (exact) mass is 435 g/mol. The van der Waals surface area contributed by atoms with E-state index in [1.807, 2.05) is 17.0 Å². The third-order valence-corrected chi connectivity index (χ3v) is 7.03. The van der Waals surface area contributed by atoms with Crippen LogP contribution >= 0.6 is 0 Å². The number of piperidine rings is 1. The average Bonchev–Trinajstić information content (AvgIpc) is 3.64. The van der Waals surface area contributed by atoms with Crippen molar-refractivity contribution in [2.45, 2.75) is 57.5 Å². The normalized spacial score (nSPS) is 23.0. The first-order valence-corrected chi connectivity index (χ1v) is 11.8. The molecule has 172 valence electrons. The minimum atomic E-state index is -2.28. The Labute approximate surface area is 184 Å². The molecule has 3 fully saturated rings. The number of nitrogens with one attached hydrogen (secondary N) is 1. The van der Waals surface area contributed by atoms with Crippen molar-refractivity contribution in [1.29, 1.82) is 0 Å². The number of aromatic nitrogens is 1. The number of nitrogens with zero attached hydrogens (tertiary/aromatic N) is 4. The summed E-state index contributed by atoms with van der Waals surface area (Å²) >= 11 is 0. The van der Waals surface area contributed by atoms with Gasteiger partial charge >= 0.3 is 0 Å². The molecule has 1 aliphatic carbocycles. The fourth-order valence-corrected chi connectivity index (χ4v) is 4.72. The van der Waals surface area contributed by atoms with E-state index in [-0.39, 0.29) is 5.91 Å². The largest absolute Gasteiger partial charge is 0.355 e. The van der Waals surface area contributed by atoms with Gasteiger partial charge in [-0.1, -0.05) is 6.07 Å². The van der Waals surface area contributed by atoms with Gasteiger partial charge in [-0.25, -0.2) is 13.8 Å². The number of alkyl halides is 2. The summed E-state index contributed by atoms with van der Waals surface area (Å²) < 4.78 is 26.0. The van der Waals surface area contributed by atoms with Crippen molar-refractivity contribution in [2.75, 3.05) is 50.7 Å². The van der Waals surface area contributed by atoms with Gasteiger partial charge in [0.05, 0.1) is 6.04 Å². The lowest BCUT2D eigenvalue weighted by molar-refractivity contribution is 0.00927. The number of hydrogen-bond acceptors (Lipinski definition) is 5. The van der Waals surface area contributed by atoms with Crippen molar-refractivity contribution in [1.82, 2.24) is 20.1 Å². The van der Waals surface area contributed by atoms with Crippen molar-refractivity contribution < 1.29 is 13.6 Å². The molecule has 0 aromatic carbocycles. The van der Waals surface area contributed by atoms with Gasteiger partial charge in [-0.15, -0.1) is 0 Å². The van der Waals surface area contributed by atoms with Crippen LogP contribution in [0.25, 0.3) is 0 Å². The van der Waals surface area contributed by atoms with Crippen LogP contribution in [0.4, 0.5) is 14.6 Å². The quantitative estimate of drug-likeness (QED) is 0.714. The standard InChI is InChI=1S/C23H35F2N5O/c1-17(22(24)25)28-12-8-19(9-13-28)29-10-3-11-30(15-14-29)21-5-2-4-20(27-21)23(31)26-16-18-6-7-18/h2,4-5,17-19,22H,3,6-16H2,1H3,(H,26,31). The van der Waals surface area contributed by atoms with E-state index in [0.29, 0.717) is 17.7 Å². The lowest BCUT2D eigenvalue weighted by Gasteiger charge is -2.40. The predicted molar refractivity (Wildman–Crippen MR) is 118 cm³/mol. The second-order valence-electron chi connectivity index (χ2n) is 9.25. The summed E-state index contributed by atoms with van der Waals surface area (Å²) in [6, 6.07) is 5.49. The van der Waals surface area contributed by atoms with E-state index in [0.717, 1.165) is 70.9 Å². The Bertz CT molecular complexity index is 736. The summed E-state index contributed by atoms with van der Waals surface area (Å²) in [6.07, 6.45) is 3.08. The minimum absolute atomic E-state index is 0.0880. The molecule has 8 heteroatoms. The molecule has 1 N–H and O–H groups in total. The van der Waals surface area contributed by atoms with E-state index >= 15 is 0 Å². The number of hydrogen-bond donors (Lipinski definition) is 1. The Kier molecular flexibility index (Phi) is 7.38. The molecule has 3 heterocycles. The van der Waals surface area contributed by atoms with Gasteiger partial charge in [0.15, 0.2) is 0 Å². The summed E-state index contributed by atoms with van der Waals surface area (Å²) in [6.45, 7) is 7.61. The molecule has 1 unspecified atom stereocenters. The first-order valence-electron chi connectivity index (χ1n) is 11.8. The topological polar surface area (TPSA) is 51.7 Å². The molecule has 2 saturated heterocycles. The summed E-state index contributed by atoms with van der Waals surface area (Å²) in [5.74, 6) is 1.42. The summed E-state index contributed by atoms with van der Waals surface area (Å²) in [5.41, 5.74) is 0.486. The second-order valence-corrected chi connectivity index (χ2v) is 9.25. The van der Waals surface area contributed by atoms with Crippen LogP contribution in [0.15, 0.2) is 18.2 Å². The SMILES string of the molecule is CC(C(F)F)N1CCC(N2CCCN(c3cccc(C(=O)NCC4CC4)n3)CC2)CC1. The van der Waals surface area contributed by atoms with Crippen LogP contribution in [0.3, 0.4) is 0 Å². The lowest BCUT2D eigenvalue weighted by atomic mass is 10.0. The second kappa shape index (κ2) is 10.2. The molecular formula is C23H35F2N5O. The maximum Gasteiger partial charge on any atom is 0.269 e. The molecular weight excluding hydrogens is 400 g/mol. The van der Waals surface area contributed by atoms with Gasteiger partial charge in [0.1, 0.15) is 11.5 Å². The lowest BCUT2D eigenvalue weighted by Crippen LogP contribution is -2.49. The van der Waals surface area contributed by atoms with Crippen LogP contribution < -0.4 is 10.2 Å². The molecule has 1 atom stereocenters. The van der Waals surface area contributed by atoms with Gasteiger partial charge in [-0.3, -0.25) is 14.6 Å². The van der Waals surface area contributed by atoms with E-state index in [2.05, 4.69) is 20.1 Å². The van der Waals surface area contributed by atoms with Crippen LogP contribution in [0.1, 0.15) is 49.5 Å². The Morgan fingerprint density at radius 2 is 1.87 bits per heavy atom. The molecule has 4 rings (SSSR count). The van der Waals surface area contributed by atoms with E-state index in [9.17, 15) is 13.6 Å². The molecule has 6 nitrogen and oxygen atoms in total. The van der Waals surface area contributed by atoms with Gasteiger partial charge in [-0.05, 0) is 57.1 Å². The maximum absolute atomic E-state index is 13.0. The van der Waals surface area contributed by atoms with Gasteiger partial charge in [-0.2, -0.15) is 0 Å². The first-order chi connectivity index (χ1) is 15.0. The van der Waals surface area contributed by atoms with Gasteiger partial charge in [0, 0.05) is 51.9 Å². The molecule has 0 radical (unpaired) electrons. The molecule has 1 saturated carbocycles. The van der Waals surface area contributed by atoms with E-state index < -0.39 is 12.5 Å². The third-order valence-electron chi connectivity index (χ3n) is 7.03. The summed E-state index contributed by atoms with van der Waals surface area (Å²) in [4.78, 5) is 23.8. The molecule has 0 spiro atoms. The highest BCUT2D eigenvalue weighted by molar-refractivity contribution is 5.92. The zero-order valence-corrected chi connectivity index (χ0v) is 18.5. The number of rotatable bonds is 7. The fourth-order valence-electron chi connectivity index (χ4n) is 4.72. The number of pyridine rings is 1. The molecule has 1 amide bonds. The average molecular weight is 436 g/mol. The Morgan fingerprint density at radius 1 is 1.10 bits per heavy atom. The van der Waals surface area contributed by atoms with Crippen LogP contribution in [0.5, 0.6) is 0 Å². The highest BCUT2D eigenvalue weighted by Crippen LogP contribution is 2.27. The first kappa shape index (κ1) is 22.4. The van der Waals surface area contributed by atoms with Crippen molar-refractivity contribution in [3.8, 4) is 0 Å². The number of carbonyl (C=O) groups excluding carboxylic acids is 1. The number of carbonyl (C=O) groups is 1. The smallest absolute Gasteiger partial charge is 0.269 e. The van der Waals surface area contributed by atoms with Crippen LogP contribution in [-0.4, -0.2) is 85.0 Å². The zero-order valence-electron chi connectivity index (χ0n) is 18.5. The zero-order chi connectivity index (χ0) is 21.8. The van der Waals surface area contributed by atoms with Gasteiger partial charge in [0.2, 0.25) is 0 Å². The molecule has 3 aliphatic rings. The Balaban J connectivity index is 1.29. The number of likely N-dealkylation sites (tertiary alicyclic amines) is 1. The van der Waals surface area contributed by atoms with E-state index in [4.69, 9.17) is 0 Å². The molecule has 31 heavy (non-hydrogen) atoms. The van der Waals surface area contributed by atoms with Crippen molar-refractivity contribution in [3.05, 3.63) is 23.9 Å². The van der Waals surface area contributed by atoms with Crippen LogP contribution in [0, 0.1) is 5.92 Å². The molecule has 0 bridgehead atoms.